The topological polar surface area (TPSA) is 0 Å². The van der Waals surface area contributed by atoms with Gasteiger partial charge in [-0.25, -0.2) is 0 Å². The summed E-state index contributed by atoms with van der Waals surface area (Å²) in [5, 5.41) is 0.194. The smallest absolute Gasteiger partial charge is 0.00955 e. The number of rotatable bonds is 0. The van der Waals surface area contributed by atoms with Gasteiger partial charge in [0.2, 0.25) is 0 Å². The molecule has 0 aliphatic heterocycles. The Hall–Kier alpha value is 1.39. The van der Waals surface area contributed by atoms with E-state index >= 15 is 0 Å². The monoisotopic (exact) mass is 248 g/mol. The molecule has 0 aromatic carbocycles. The molecule has 0 aromatic rings. The minimum atomic E-state index is 0. The SMILES string of the molecule is Br.Br.CC(C)(C)[P]. The third kappa shape index (κ3) is 111. The maximum Gasteiger partial charge on any atom is -0.00955 e. The average Bonchev–Trinajstić information content (AvgIpc) is 0.722. The number of halogens is 2. The first kappa shape index (κ1) is 15.8. The van der Waals surface area contributed by atoms with E-state index in [1.165, 1.54) is 0 Å². The second-order valence-corrected chi connectivity index (χ2v) is 3.51. The molecule has 2 radical (unpaired) electrons. The van der Waals surface area contributed by atoms with Gasteiger partial charge in [-0.2, -0.15) is 0 Å². The van der Waals surface area contributed by atoms with Crippen LogP contribution in [0.3, 0.4) is 0 Å². The van der Waals surface area contributed by atoms with Crippen LogP contribution in [0.5, 0.6) is 0 Å². The molecule has 0 aliphatic rings. The maximum atomic E-state index is 4.12. The number of hydrogen-bond donors (Lipinski definition) is 0. The molecular weight excluding hydrogens is 239 g/mol. The van der Waals surface area contributed by atoms with Gasteiger partial charge in [-0.3, -0.25) is 0 Å². The fourth-order valence-electron chi connectivity index (χ4n) is 0. The Labute approximate surface area is 69.2 Å². The summed E-state index contributed by atoms with van der Waals surface area (Å²) in [5.74, 6) is 0. The zero-order chi connectivity index (χ0) is 4.50. The first-order valence-electron chi connectivity index (χ1n) is 1.72. The van der Waals surface area contributed by atoms with Crippen LogP contribution in [0.1, 0.15) is 20.8 Å². The summed E-state index contributed by atoms with van der Waals surface area (Å²) in [5.41, 5.74) is 0. The highest BCUT2D eigenvalue weighted by atomic mass is 79.9. The highest BCUT2D eigenvalue weighted by Gasteiger charge is 1.97. The van der Waals surface area contributed by atoms with Gasteiger partial charge in [0.25, 0.3) is 0 Å². The quantitative estimate of drug-likeness (QED) is 0.578. The molecular formula is C4H11Br2P. The molecule has 0 amide bonds. The van der Waals surface area contributed by atoms with E-state index in [1.807, 2.05) is 0 Å². The fourth-order valence-corrected chi connectivity index (χ4v) is 0. The zero-order valence-corrected chi connectivity index (χ0v) is 9.08. The maximum absolute atomic E-state index is 4.12. The lowest BCUT2D eigenvalue weighted by Crippen LogP contribution is -1.97. The summed E-state index contributed by atoms with van der Waals surface area (Å²) in [6, 6.07) is 0. The highest BCUT2D eigenvalue weighted by Crippen LogP contribution is 2.12. The summed E-state index contributed by atoms with van der Waals surface area (Å²) in [7, 11) is 4.12. The Morgan fingerprint density at radius 2 is 1.00 bits per heavy atom. The van der Waals surface area contributed by atoms with Gasteiger partial charge >= 0.3 is 0 Å². The van der Waals surface area contributed by atoms with Crippen LogP contribution in [0, 0.1) is 0 Å². The van der Waals surface area contributed by atoms with Gasteiger partial charge in [0.1, 0.15) is 0 Å². The molecule has 46 valence electrons. The molecule has 3 heteroatoms. The van der Waals surface area contributed by atoms with Crippen LogP contribution in [-0.2, 0) is 0 Å². The summed E-state index contributed by atoms with van der Waals surface area (Å²) in [6.45, 7) is 6.16. The highest BCUT2D eigenvalue weighted by molar-refractivity contribution is 8.93. The van der Waals surface area contributed by atoms with Crippen molar-refractivity contribution in [3.05, 3.63) is 0 Å². The molecule has 0 bridgehead atoms. The standard InChI is InChI=1S/C4H9P.2BrH/c1-4(2,3)5;;/h1-3H3;2*1H. The molecule has 7 heavy (non-hydrogen) atoms. The third-order valence-electron chi connectivity index (χ3n) is 0. The van der Waals surface area contributed by atoms with E-state index in [1.54, 1.807) is 0 Å². The fraction of sp³-hybridized carbons (Fsp3) is 1.00. The van der Waals surface area contributed by atoms with E-state index < -0.39 is 0 Å². The molecule has 0 nitrogen and oxygen atoms in total. The third-order valence-corrected chi connectivity index (χ3v) is 0. The van der Waals surface area contributed by atoms with E-state index in [9.17, 15) is 0 Å². The molecule has 0 saturated carbocycles. The van der Waals surface area contributed by atoms with Gasteiger partial charge in [-0.1, -0.05) is 20.8 Å². The molecule has 0 saturated heterocycles. The molecule has 0 fully saturated rings. The van der Waals surface area contributed by atoms with Crippen molar-refractivity contribution >= 4 is 43.2 Å². The summed E-state index contributed by atoms with van der Waals surface area (Å²) in [4.78, 5) is 0. The van der Waals surface area contributed by atoms with Crippen LogP contribution < -0.4 is 0 Å². The van der Waals surface area contributed by atoms with Crippen LogP contribution in [0.4, 0.5) is 0 Å². The Kier molecular flexibility index (Phi) is 12.4. The normalized spacial score (nSPS) is 8.57. The Bertz CT molecular complexity index is 25.2. The van der Waals surface area contributed by atoms with Crippen LogP contribution in [0.25, 0.3) is 0 Å². The van der Waals surface area contributed by atoms with Gasteiger partial charge in [0.15, 0.2) is 0 Å². The van der Waals surface area contributed by atoms with Gasteiger partial charge in [-0.05, 0) is 14.4 Å². The Morgan fingerprint density at radius 3 is 1.00 bits per heavy atom. The van der Waals surface area contributed by atoms with Crippen molar-refractivity contribution in [1.82, 2.24) is 0 Å². The van der Waals surface area contributed by atoms with Crippen LogP contribution in [-0.4, -0.2) is 5.16 Å². The van der Waals surface area contributed by atoms with Crippen molar-refractivity contribution < 1.29 is 0 Å². The van der Waals surface area contributed by atoms with Crippen molar-refractivity contribution in [3.8, 4) is 0 Å². The van der Waals surface area contributed by atoms with Crippen LogP contribution in [0.2, 0.25) is 0 Å². The summed E-state index contributed by atoms with van der Waals surface area (Å²) >= 11 is 0. The van der Waals surface area contributed by atoms with Crippen molar-refractivity contribution in [2.75, 3.05) is 0 Å². The molecule has 0 aliphatic carbocycles. The lowest BCUT2D eigenvalue weighted by Gasteiger charge is -2.03. The van der Waals surface area contributed by atoms with Crippen molar-refractivity contribution in [2.24, 2.45) is 0 Å². The molecule has 0 rings (SSSR count). The van der Waals surface area contributed by atoms with E-state index in [0.29, 0.717) is 0 Å². The summed E-state index contributed by atoms with van der Waals surface area (Å²) < 4.78 is 0. The zero-order valence-electron chi connectivity index (χ0n) is 4.76. The molecule has 0 unspecified atom stereocenters. The number of hydrogen-bond acceptors (Lipinski definition) is 0. The lowest BCUT2D eigenvalue weighted by atomic mass is 10.3. The molecule has 0 heterocycles. The predicted molar refractivity (Wildman–Crippen MR) is 47.3 cm³/mol. The first-order chi connectivity index (χ1) is 2.00. The van der Waals surface area contributed by atoms with E-state index in [-0.39, 0.29) is 39.1 Å². The first-order valence-corrected chi connectivity index (χ1v) is 2.17. The largest absolute Gasteiger partial charge is 0.114 e. The second-order valence-electron chi connectivity index (χ2n) is 2.17. The summed E-state index contributed by atoms with van der Waals surface area (Å²) in [6.07, 6.45) is 0. The van der Waals surface area contributed by atoms with Gasteiger partial charge in [-0.15, -0.1) is 34.0 Å². The minimum absolute atomic E-state index is 0. The van der Waals surface area contributed by atoms with Crippen LogP contribution >= 0.6 is 43.2 Å². The van der Waals surface area contributed by atoms with Crippen molar-refractivity contribution in [2.45, 2.75) is 25.9 Å². The molecule has 0 spiro atoms. The van der Waals surface area contributed by atoms with Gasteiger partial charge in [0, 0.05) is 0 Å². The van der Waals surface area contributed by atoms with Gasteiger partial charge < -0.3 is 0 Å². The van der Waals surface area contributed by atoms with E-state index in [0.717, 1.165) is 0 Å². The van der Waals surface area contributed by atoms with E-state index in [4.69, 9.17) is 0 Å². The lowest BCUT2D eigenvalue weighted by molar-refractivity contribution is 0.804. The molecule has 0 atom stereocenters. The molecule has 0 aromatic heterocycles. The van der Waals surface area contributed by atoms with Crippen molar-refractivity contribution in [1.29, 1.82) is 0 Å². The van der Waals surface area contributed by atoms with Crippen molar-refractivity contribution in [3.63, 3.8) is 0 Å². The predicted octanol–water partition coefficient (Wildman–Crippen LogP) is 3.35. The van der Waals surface area contributed by atoms with E-state index in [2.05, 4.69) is 30.0 Å². The van der Waals surface area contributed by atoms with Gasteiger partial charge in [0.05, 0.1) is 0 Å². The average molecular weight is 250 g/mol. The Balaban J connectivity index is -0.0000000800. The Morgan fingerprint density at radius 1 is 1.00 bits per heavy atom. The second kappa shape index (κ2) is 5.53. The minimum Gasteiger partial charge on any atom is -0.114 e. The van der Waals surface area contributed by atoms with Crippen LogP contribution in [0.15, 0.2) is 0 Å². The molecule has 0 N–H and O–H groups in total.